The lowest BCUT2D eigenvalue weighted by Crippen LogP contribution is -2.20. The highest BCUT2D eigenvalue weighted by molar-refractivity contribution is 7.90. The molecule has 132 valence electrons. The number of ether oxygens (including phenoxy) is 1. The van der Waals surface area contributed by atoms with Gasteiger partial charge in [-0.05, 0) is 45.2 Å². The summed E-state index contributed by atoms with van der Waals surface area (Å²) in [7, 11) is -1.56. The molecule has 0 saturated heterocycles. The van der Waals surface area contributed by atoms with Crippen molar-refractivity contribution in [1.29, 1.82) is 0 Å². The van der Waals surface area contributed by atoms with E-state index in [4.69, 9.17) is 4.74 Å². The molecule has 1 aliphatic heterocycles. The number of nitrogens with zero attached hydrogens (tertiary/aromatic N) is 2. The maximum Gasteiger partial charge on any atom is 0.269 e. The number of rotatable bonds is 2. The molecule has 0 radical (unpaired) electrons. The van der Waals surface area contributed by atoms with Crippen LogP contribution in [-0.2, 0) is 16.6 Å². The quantitative estimate of drug-likeness (QED) is 0.688. The minimum Gasteiger partial charge on any atom is -0.492 e. The highest BCUT2D eigenvalue weighted by atomic mass is 32.2. The summed E-state index contributed by atoms with van der Waals surface area (Å²) in [6.07, 6.45) is 1.65. The van der Waals surface area contributed by atoms with E-state index in [-0.39, 0.29) is 0 Å². The fourth-order valence-corrected chi connectivity index (χ4v) is 6.25. The molecule has 0 unspecified atom stereocenters. The lowest BCUT2D eigenvalue weighted by atomic mass is 10.1. The van der Waals surface area contributed by atoms with Crippen LogP contribution in [0, 0.1) is 13.8 Å². The topological polar surface area (TPSA) is 51.5 Å². The molecule has 0 bridgehead atoms. The van der Waals surface area contributed by atoms with Crippen LogP contribution in [0.5, 0.6) is 5.75 Å². The van der Waals surface area contributed by atoms with E-state index < -0.39 is 10.0 Å². The first kappa shape index (κ1) is 16.6. The first-order chi connectivity index (χ1) is 11.9. The molecule has 2 aromatic heterocycles. The molecule has 25 heavy (non-hydrogen) atoms. The van der Waals surface area contributed by atoms with Gasteiger partial charge in [0.2, 0.25) is 0 Å². The minimum atomic E-state index is -3.61. The summed E-state index contributed by atoms with van der Waals surface area (Å²) in [4.78, 5) is 4.38. The van der Waals surface area contributed by atoms with E-state index in [1.807, 2.05) is 39.1 Å². The van der Waals surface area contributed by atoms with Crippen molar-refractivity contribution in [3.8, 4) is 5.75 Å². The Morgan fingerprint density at radius 3 is 2.72 bits per heavy atom. The second-order valence-electron chi connectivity index (χ2n) is 6.46. The average Bonchev–Trinajstić information content (AvgIpc) is 3.07. The van der Waals surface area contributed by atoms with E-state index in [1.54, 1.807) is 12.3 Å². The van der Waals surface area contributed by atoms with E-state index >= 15 is 0 Å². The molecule has 3 aromatic rings. The van der Waals surface area contributed by atoms with Crippen molar-refractivity contribution in [2.24, 2.45) is 0 Å². The van der Waals surface area contributed by atoms with Crippen molar-refractivity contribution in [3.63, 3.8) is 0 Å². The molecular weight excluding hydrogens is 356 g/mol. The van der Waals surface area contributed by atoms with Gasteiger partial charge in [-0.25, -0.2) is 12.4 Å². The van der Waals surface area contributed by atoms with Gasteiger partial charge in [0.25, 0.3) is 10.0 Å². The molecule has 7 heteroatoms. The Morgan fingerprint density at radius 1 is 1.20 bits per heavy atom. The largest absolute Gasteiger partial charge is 0.492 e. The molecule has 0 spiro atoms. The second-order valence-corrected chi connectivity index (χ2v) is 9.70. The summed E-state index contributed by atoms with van der Waals surface area (Å²) in [5, 5.41) is 0.930. The van der Waals surface area contributed by atoms with Gasteiger partial charge >= 0.3 is 0 Å². The standard InChI is InChI=1S/C18H20N2O3S2/c1-12-10-18(13(2)24-12)25(21,22)20-7-6-14-15-11-19(3)8-9-23-17(15)5-4-16(14)20/h4-7,10H,8-9,11H2,1-3H3. The summed E-state index contributed by atoms with van der Waals surface area (Å²) >= 11 is 1.51. The molecule has 3 heterocycles. The minimum absolute atomic E-state index is 0.385. The first-order valence-electron chi connectivity index (χ1n) is 8.15. The first-order valence-corrected chi connectivity index (χ1v) is 10.4. The van der Waals surface area contributed by atoms with Crippen molar-refractivity contribution in [3.05, 3.63) is 45.8 Å². The highest BCUT2D eigenvalue weighted by Crippen LogP contribution is 2.34. The van der Waals surface area contributed by atoms with Crippen LogP contribution < -0.4 is 4.74 Å². The number of benzene rings is 1. The molecule has 0 aliphatic carbocycles. The Labute approximate surface area is 151 Å². The number of hydrogen-bond acceptors (Lipinski definition) is 5. The predicted octanol–water partition coefficient (Wildman–Crippen LogP) is 3.38. The van der Waals surface area contributed by atoms with Crippen molar-refractivity contribution in [2.45, 2.75) is 25.3 Å². The Kier molecular flexibility index (Phi) is 3.90. The van der Waals surface area contributed by atoms with Crippen LogP contribution in [0.25, 0.3) is 10.9 Å². The number of fused-ring (bicyclic) bond motifs is 3. The van der Waals surface area contributed by atoms with Gasteiger partial charge in [-0.1, -0.05) is 0 Å². The highest BCUT2D eigenvalue weighted by Gasteiger charge is 2.25. The number of likely N-dealkylation sites (N-methyl/N-ethyl adjacent to an activating group) is 1. The fraction of sp³-hybridized carbons (Fsp3) is 0.333. The summed E-state index contributed by atoms with van der Waals surface area (Å²) in [5.41, 5.74) is 1.74. The normalized spacial score (nSPS) is 15.8. The Bertz CT molecular complexity index is 1060. The van der Waals surface area contributed by atoms with E-state index in [0.717, 1.165) is 39.5 Å². The van der Waals surface area contributed by atoms with Gasteiger partial charge in [-0.15, -0.1) is 11.3 Å². The Balaban J connectivity index is 1.92. The zero-order valence-corrected chi connectivity index (χ0v) is 16.1. The van der Waals surface area contributed by atoms with Gasteiger partial charge < -0.3 is 4.74 Å². The molecule has 0 atom stereocenters. The van der Waals surface area contributed by atoms with E-state index in [1.165, 1.54) is 15.3 Å². The number of aromatic nitrogens is 1. The second kappa shape index (κ2) is 5.86. The summed E-state index contributed by atoms with van der Waals surface area (Å²) in [6, 6.07) is 7.35. The van der Waals surface area contributed by atoms with Crippen LogP contribution in [0.3, 0.4) is 0 Å². The lowest BCUT2D eigenvalue weighted by molar-refractivity contribution is 0.259. The fourth-order valence-electron chi connectivity index (χ4n) is 3.37. The number of thiophene rings is 1. The maximum absolute atomic E-state index is 13.2. The average molecular weight is 377 g/mol. The molecule has 5 nitrogen and oxygen atoms in total. The molecular formula is C18H20N2O3S2. The van der Waals surface area contributed by atoms with E-state index in [2.05, 4.69) is 4.90 Å². The van der Waals surface area contributed by atoms with Gasteiger partial charge in [0.15, 0.2) is 0 Å². The predicted molar refractivity (Wildman–Crippen MR) is 100 cm³/mol. The number of hydrogen-bond donors (Lipinski definition) is 0. The third kappa shape index (κ3) is 2.67. The Morgan fingerprint density at radius 2 is 2.00 bits per heavy atom. The van der Waals surface area contributed by atoms with Gasteiger partial charge in [-0.2, -0.15) is 0 Å². The SMILES string of the molecule is Cc1cc(S(=O)(=O)n2ccc3c4c(ccc32)OCCN(C)C4)c(C)s1. The molecule has 1 aromatic carbocycles. The molecule has 4 rings (SSSR count). The summed E-state index contributed by atoms with van der Waals surface area (Å²) < 4.78 is 33.6. The van der Waals surface area contributed by atoms with Crippen LogP contribution in [-0.4, -0.2) is 37.5 Å². The van der Waals surface area contributed by atoms with Gasteiger partial charge in [0, 0.05) is 40.0 Å². The lowest BCUT2D eigenvalue weighted by Gasteiger charge is -2.13. The van der Waals surface area contributed by atoms with Crippen LogP contribution in [0.1, 0.15) is 15.3 Å². The zero-order chi connectivity index (χ0) is 17.8. The maximum atomic E-state index is 13.2. The van der Waals surface area contributed by atoms with E-state index in [0.29, 0.717) is 17.0 Å². The third-order valence-corrected chi connectivity index (χ3v) is 7.51. The van der Waals surface area contributed by atoms with Gasteiger partial charge in [0.05, 0.1) is 5.52 Å². The number of aryl methyl sites for hydroxylation is 2. The van der Waals surface area contributed by atoms with Crippen molar-refractivity contribution in [1.82, 2.24) is 8.87 Å². The van der Waals surface area contributed by atoms with Crippen LogP contribution in [0.15, 0.2) is 35.4 Å². The van der Waals surface area contributed by atoms with Crippen LogP contribution in [0.2, 0.25) is 0 Å². The monoisotopic (exact) mass is 376 g/mol. The third-order valence-electron chi connectivity index (χ3n) is 4.60. The van der Waals surface area contributed by atoms with Crippen LogP contribution >= 0.6 is 11.3 Å². The smallest absolute Gasteiger partial charge is 0.269 e. The van der Waals surface area contributed by atoms with Crippen molar-refractivity contribution in [2.75, 3.05) is 20.2 Å². The summed E-state index contributed by atoms with van der Waals surface area (Å²) in [6.45, 7) is 6.01. The Hall–Kier alpha value is -1.83. The van der Waals surface area contributed by atoms with E-state index in [9.17, 15) is 8.42 Å². The van der Waals surface area contributed by atoms with Gasteiger partial charge in [-0.3, -0.25) is 4.90 Å². The molecule has 0 N–H and O–H groups in total. The van der Waals surface area contributed by atoms with Crippen LogP contribution in [0.4, 0.5) is 0 Å². The molecule has 0 amide bonds. The summed E-state index contributed by atoms with van der Waals surface area (Å²) in [5.74, 6) is 0.842. The molecule has 0 fully saturated rings. The van der Waals surface area contributed by atoms with Crippen molar-refractivity contribution < 1.29 is 13.2 Å². The van der Waals surface area contributed by atoms with Gasteiger partial charge in [0.1, 0.15) is 17.3 Å². The van der Waals surface area contributed by atoms with Crippen molar-refractivity contribution >= 4 is 32.3 Å². The molecule has 1 aliphatic rings. The zero-order valence-electron chi connectivity index (χ0n) is 14.4. The molecule has 0 saturated carbocycles.